The number of carbonyl (C=O) groups is 1. The van der Waals surface area contributed by atoms with Crippen LogP contribution in [0.4, 0.5) is 0 Å². The summed E-state index contributed by atoms with van der Waals surface area (Å²) in [4.78, 5) is 17.4. The van der Waals surface area contributed by atoms with Crippen LogP contribution >= 0.6 is 0 Å². The van der Waals surface area contributed by atoms with Crippen molar-refractivity contribution >= 4 is 5.91 Å². The number of carbonyl (C=O) groups excluding carboxylic acids is 1. The average Bonchev–Trinajstić information content (AvgIpc) is 3.38. The van der Waals surface area contributed by atoms with Gasteiger partial charge < -0.3 is 14.1 Å². The Bertz CT molecular complexity index is 834. The maximum Gasteiger partial charge on any atom is 0.223 e. The van der Waals surface area contributed by atoms with E-state index in [1.807, 2.05) is 11.2 Å². The molecule has 1 atom stereocenters. The van der Waals surface area contributed by atoms with Crippen LogP contribution in [0, 0.1) is 0 Å². The molecular weight excluding hydrogens is 364 g/mol. The number of ether oxygens (including phenoxy) is 1. The van der Waals surface area contributed by atoms with Gasteiger partial charge in [0, 0.05) is 31.6 Å². The van der Waals surface area contributed by atoms with E-state index in [1.54, 1.807) is 6.26 Å². The van der Waals surface area contributed by atoms with Gasteiger partial charge in [-0.2, -0.15) is 0 Å². The van der Waals surface area contributed by atoms with Gasteiger partial charge in [-0.1, -0.05) is 24.3 Å². The topological polar surface area (TPSA) is 45.9 Å². The van der Waals surface area contributed by atoms with E-state index in [1.165, 1.54) is 29.5 Å². The van der Waals surface area contributed by atoms with Gasteiger partial charge in [-0.05, 0) is 60.9 Å². The second-order valence-corrected chi connectivity index (χ2v) is 8.87. The molecule has 0 unspecified atom stereocenters. The molecule has 0 saturated carbocycles. The van der Waals surface area contributed by atoms with Crippen LogP contribution in [0.3, 0.4) is 0 Å². The Kier molecular flexibility index (Phi) is 5.18. The number of fused-ring (bicyclic) bond motifs is 2. The molecule has 29 heavy (non-hydrogen) atoms. The van der Waals surface area contributed by atoms with E-state index in [2.05, 4.69) is 35.2 Å². The van der Waals surface area contributed by atoms with Crippen LogP contribution in [-0.4, -0.2) is 55.1 Å². The zero-order valence-electron chi connectivity index (χ0n) is 17.0. The van der Waals surface area contributed by atoms with E-state index in [9.17, 15) is 4.79 Å². The molecule has 1 spiro atoms. The summed E-state index contributed by atoms with van der Waals surface area (Å²) in [5.74, 6) is 0.643. The smallest absolute Gasteiger partial charge is 0.223 e. The number of hydrogen-bond acceptors (Lipinski definition) is 4. The van der Waals surface area contributed by atoms with Gasteiger partial charge >= 0.3 is 0 Å². The number of furan rings is 1. The number of piperidine rings is 1. The maximum absolute atomic E-state index is 12.9. The number of rotatable bonds is 4. The molecule has 2 fully saturated rings. The molecule has 5 rings (SSSR count). The van der Waals surface area contributed by atoms with Crippen molar-refractivity contribution in [3.63, 3.8) is 0 Å². The van der Waals surface area contributed by atoms with Gasteiger partial charge in [-0.15, -0.1) is 0 Å². The van der Waals surface area contributed by atoms with Crippen LogP contribution in [0.15, 0.2) is 47.3 Å². The third kappa shape index (κ3) is 3.74. The first-order chi connectivity index (χ1) is 14.2. The summed E-state index contributed by atoms with van der Waals surface area (Å²) in [6, 6.07) is 10.9. The van der Waals surface area contributed by atoms with Gasteiger partial charge in [-0.3, -0.25) is 9.69 Å². The number of amides is 1. The van der Waals surface area contributed by atoms with Crippen molar-refractivity contribution in [2.45, 2.75) is 43.6 Å². The molecule has 1 aromatic carbocycles. The number of morpholine rings is 1. The fraction of sp³-hybridized carbons (Fsp3) is 0.542. The largest absolute Gasteiger partial charge is 0.472 e. The minimum Gasteiger partial charge on any atom is -0.472 e. The Hall–Kier alpha value is -2.11. The van der Waals surface area contributed by atoms with Gasteiger partial charge in [-0.25, -0.2) is 0 Å². The first-order valence-electron chi connectivity index (χ1n) is 10.9. The Morgan fingerprint density at radius 1 is 1.07 bits per heavy atom. The molecule has 0 bridgehead atoms. The molecule has 2 aliphatic heterocycles. The summed E-state index contributed by atoms with van der Waals surface area (Å²) < 4.78 is 10.6. The van der Waals surface area contributed by atoms with Gasteiger partial charge in [0.1, 0.15) is 0 Å². The molecule has 3 aliphatic rings. The Morgan fingerprint density at radius 3 is 2.62 bits per heavy atom. The van der Waals surface area contributed by atoms with Crippen LogP contribution in [0.2, 0.25) is 0 Å². The molecule has 3 heterocycles. The highest BCUT2D eigenvalue weighted by Gasteiger charge is 2.45. The van der Waals surface area contributed by atoms with Crippen LogP contribution in [0.25, 0.3) is 0 Å². The lowest BCUT2D eigenvalue weighted by molar-refractivity contribution is -0.135. The van der Waals surface area contributed by atoms with Crippen LogP contribution in [-0.2, 0) is 21.5 Å². The first kappa shape index (κ1) is 18.9. The Labute approximate surface area is 172 Å². The molecular formula is C24H30N2O3. The summed E-state index contributed by atoms with van der Waals surface area (Å²) in [5, 5.41) is 0. The lowest BCUT2D eigenvalue weighted by Crippen LogP contribution is -2.42. The van der Waals surface area contributed by atoms with Crippen molar-refractivity contribution in [3.8, 4) is 0 Å². The van der Waals surface area contributed by atoms with Gasteiger partial charge in [0.05, 0.1) is 25.7 Å². The van der Waals surface area contributed by atoms with Crippen molar-refractivity contribution in [2.75, 3.05) is 39.4 Å². The molecule has 0 radical (unpaired) electrons. The zero-order chi connectivity index (χ0) is 19.7. The summed E-state index contributed by atoms with van der Waals surface area (Å²) in [5.41, 5.74) is 4.40. The van der Waals surface area contributed by atoms with Gasteiger partial charge in [0.15, 0.2) is 0 Å². The lowest BCUT2D eigenvalue weighted by atomic mass is 9.73. The predicted molar refractivity (Wildman–Crippen MR) is 111 cm³/mol. The quantitative estimate of drug-likeness (QED) is 0.796. The fourth-order valence-electron chi connectivity index (χ4n) is 5.62. The normalized spacial score (nSPS) is 24.0. The predicted octanol–water partition coefficient (Wildman–Crippen LogP) is 3.55. The van der Waals surface area contributed by atoms with Crippen molar-refractivity contribution in [1.82, 2.24) is 9.80 Å². The van der Waals surface area contributed by atoms with Crippen molar-refractivity contribution in [1.29, 1.82) is 0 Å². The molecule has 0 N–H and O–H groups in total. The van der Waals surface area contributed by atoms with E-state index >= 15 is 0 Å². The van der Waals surface area contributed by atoms with Crippen LogP contribution < -0.4 is 0 Å². The summed E-state index contributed by atoms with van der Waals surface area (Å²) in [7, 11) is 0. The second-order valence-electron chi connectivity index (χ2n) is 8.87. The zero-order valence-corrected chi connectivity index (χ0v) is 17.0. The summed E-state index contributed by atoms with van der Waals surface area (Å²) >= 11 is 0. The molecule has 5 nitrogen and oxygen atoms in total. The Balaban J connectivity index is 1.28. The minimum atomic E-state index is 0.236. The maximum atomic E-state index is 12.9. The lowest BCUT2D eigenvalue weighted by Gasteiger charge is -2.40. The van der Waals surface area contributed by atoms with E-state index in [4.69, 9.17) is 9.15 Å². The number of benzene rings is 1. The molecule has 5 heteroatoms. The molecule has 2 saturated heterocycles. The second kappa shape index (κ2) is 7.96. The standard InChI is InChI=1S/C24H30N2O3/c27-23(26-10-13-28-14-11-26)15-20-16-24(22-4-2-1-3-21(20)22)6-8-25(9-7-24)17-19-5-12-29-18-19/h1-5,12,18,20H,6-11,13-17H2/t20-/m1/s1. The van der Waals surface area contributed by atoms with E-state index in [-0.39, 0.29) is 5.41 Å². The molecule has 1 aromatic heterocycles. The van der Waals surface area contributed by atoms with E-state index < -0.39 is 0 Å². The number of nitrogens with zero attached hydrogens (tertiary/aromatic N) is 2. The molecule has 1 aliphatic carbocycles. The third-order valence-corrected chi connectivity index (χ3v) is 7.19. The highest BCUT2D eigenvalue weighted by Crippen LogP contribution is 2.52. The summed E-state index contributed by atoms with van der Waals surface area (Å²) in [6.45, 7) is 5.98. The van der Waals surface area contributed by atoms with Gasteiger partial charge in [0.2, 0.25) is 5.91 Å². The first-order valence-corrected chi connectivity index (χ1v) is 10.9. The third-order valence-electron chi connectivity index (χ3n) is 7.19. The highest BCUT2D eigenvalue weighted by molar-refractivity contribution is 5.77. The SMILES string of the molecule is O=C(C[C@@H]1CC2(CCN(Cc3ccoc3)CC2)c2ccccc21)N1CCOCC1. The molecule has 154 valence electrons. The Morgan fingerprint density at radius 2 is 1.86 bits per heavy atom. The fourth-order valence-corrected chi connectivity index (χ4v) is 5.62. The molecule has 2 aromatic rings. The monoisotopic (exact) mass is 394 g/mol. The minimum absolute atomic E-state index is 0.236. The number of hydrogen-bond donors (Lipinski definition) is 0. The number of likely N-dealkylation sites (tertiary alicyclic amines) is 1. The van der Waals surface area contributed by atoms with E-state index in [0.29, 0.717) is 31.5 Å². The van der Waals surface area contributed by atoms with Gasteiger partial charge in [0.25, 0.3) is 0 Å². The van der Waals surface area contributed by atoms with Crippen molar-refractivity contribution in [2.24, 2.45) is 0 Å². The average molecular weight is 395 g/mol. The van der Waals surface area contributed by atoms with E-state index in [0.717, 1.165) is 39.1 Å². The summed E-state index contributed by atoms with van der Waals surface area (Å²) in [6.07, 6.45) is 7.69. The van der Waals surface area contributed by atoms with Crippen LogP contribution in [0.1, 0.15) is 48.3 Å². The van der Waals surface area contributed by atoms with Crippen molar-refractivity contribution in [3.05, 3.63) is 59.5 Å². The van der Waals surface area contributed by atoms with Crippen LogP contribution in [0.5, 0.6) is 0 Å². The highest BCUT2D eigenvalue weighted by atomic mass is 16.5. The van der Waals surface area contributed by atoms with Crippen molar-refractivity contribution < 1.29 is 13.9 Å². The molecule has 1 amide bonds.